The fraction of sp³-hybridized carbons (Fsp3) is 0.471. The van der Waals surface area contributed by atoms with Crippen LogP contribution in [0.2, 0.25) is 0 Å². The van der Waals surface area contributed by atoms with Crippen LogP contribution in [0.4, 0.5) is 0 Å². The third-order valence-electron chi connectivity index (χ3n) is 3.33. The minimum absolute atomic E-state index is 0.119. The molecule has 1 aliphatic carbocycles. The highest BCUT2D eigenvalue weighted by Gasteiger charge is 2.20. The van der Waals surface area contributed by atoms with Gasteiger partial charge in [0, 0.05) is 18.7 Å². The average Bonchev–Trinajstić information content (AvgIpc) is 3.28. The van der Waals surface area contributed by atoms with Crippen molar-refractivity contribution < 1.29 is 9.53 Å². The summed E-state index contributed by atoms with van der Waals surface area (Å²) in [5.74, 6) is 6.38. The van der Waals surface area contributed by atoms with Crippen molar-refractivity contribution >= 4 is 5.91 Å². The highest BCUT2D eigenvalue weighted by Crippen LogP contribution is 2.28. The number of hydrogen-bond acceptors (Lipinski definition) is 3. The number of nitrogens with one attached hydrogen (secondary N) is 1. The molecule has 112 valence electrons. The Morgan fingerprint density at radius 3 is 3.00 bits per heavy atom. The van der Waals surface area contributed by atoms with E-state index >= 15 is 0 Å². The van der Waals surface area contributed by atoms with Gasteiger partial charge in [-0.1, -0.05) is 17.9 Å². The lowest BCUT2D eigenvalue weighted by Crippen LogP contribution is -2.28. The molecule has 0 atom stereocenters. The molecule has 21 heavy (non-hydrogen) atoms. The van der Waals surface area contributed by atoms with Crippen molar-refractivity contribution in [2.75, 3.05) is 26.3 Å². The normalized spacial score (nSPS) is 13.4. The van der Waals surface area contributed by atoms with Crippen LogP contribution < -0.4 is 11.1 Å². The van der Waals surface area contributed by atoms with Crippen molar-refractivity contribution in [1.82, 2.24) is 5.32 Å². The Hall–Kier alpha value is -1.83. The molecule has 0 aromatic heterocycles. The summed E-state index contributed by atoms with van der Waals surface area (Å²) < 4.78 is 5.50. The standard InChI is InChI=1S/C17H22N2O2/c1-13-4-7-16(15(11-13)3-2-8-18)17(20)19-9-10-21-12-14-5-6-14/h4,7,11,14H,5-6,8-10,12,18H2,1H3,(H,19,20). The molecule has 1 amide bonds. The zero-order valence-electron chi connectivity index (χ0n) is 12.4. The van der Waals surface area contributed by atoms with Gasteiger partial charge in [0.15, 0.2) is 0 Å². The van der Waals surface area contributed by atoms with E-state index in [4.69, 9.17) is 10.5 Å². The number of nitrogens with two attached hydrogens (primary N) is 1. The molecule has 0 spiro atoms. The highest BCUT2D eigenvalue weighted by atomic mass is 16.5. The Bertz CT molecular complexity index is 554. The summed E-state index contributed by atoms with van der Waals surface area (Å²) in [6.07, 6.45) is 2.55. The first kappa shape index (κ1) is 15.6. The minimum atomic E-state index is -0.119. The van der Waals surface area contributed by atoms with Gasteiger partial charge in [0.1, 0.15) is 0 Å². The maximum atomic E-state index is 12.2. The molecule has 0 heterocycles. The van der Waals surface area contributed by atoms with Gasteiger partial charge in [-0.25, -0.2) is 0 Å². The predicted octanol–water partition coefficient (Wildman–Crippen LogP) is 1.46. The lowest BCUT2D eigenvalue weighted by Gasteiger charge is -2.08. The number of benzene rings is 1. The maximum Gasteiger partial charge on any atom is 0.252 e. The van der Waals surface area contributed by atoms with Gasteiger partial charge in [-0.3, -0.25) is 4.79 Å². The predicted molar refractivity (Wildman–Crippen MR) is 83.0 cm³/mol. The molecular formula is C17H22N2O2. The van der Waals surface area contributed by atoms with Crippen LogP contribution in [0.25, 0.3) is 0 Å². The minimum Gasteiger partial charge on any atom is -0.379 e. The Labute approximate surface area is 126 Å². The Kier molecular flexibility index (Phi) is 5.79. The molecule has 0 unspecified atom stereocenters. The van der Waals surface area contributed by atoms with E-state index in [1.807, 2.05) is 19.1 Å². The van der Waals surface area contributed by atoms with Crippen molar-refractivity contribution in [1.29, 1.82) is 0 Å². The molecular weight excluding hydrogens is 264 g/mol. The molecule has 1 aliphatic rings. The lowest BCUT2D eigenvalue weighted by atomic mass is 10.0. The van der Waals surface area contributed by atoms with E-state index in [1.54, 1.807) is 6.07 Å². The second-order valence-corrected chi connectivity index (χ2v) is 5.33. The van der Waals surface area contributed by atoms with Crippen LogP contribution in [-0.4, -0.2) is 32.2 Å². The van der Waals surface area contributed by atoms with Crippen molar-refractivity contribution in [3.63, 3.8) is 0 Å². The molecule has 2 rings (SSSR count). The third-order valence-corrected chi connectivity index (χ3v) is 3.33. The Morgan fingerprint density at radius 2 is 2.29 bits per heavy atom. The first-order valence-electron chi connectivity index (χ1n) is 7.36. The van der Waals surface area contributed by atoms with Gasteiger partial charge in [-0.15, -0.1) is 0 Å². The van der Waals surface area contributed by atoms with E-state index in [-0.39, 0.29) is 12.5 Å². The zero-order valence-corrected chi connectivity index (χ0v) is 12.4. The van der Waals surface area contributed by atoms with Gasteiger partial charge in [0.25, 0.3) is 5.91 Å². The summed E-state index contributed by atoms with van der Waals surface area (Å²) >= 11 is 0. The van der Waals surface area contributed by atoms with Crippen molar-refractivity contribution in [2.24, 2.45) is 11.7 Å². The van der Waals surface area contributed by atoms with E-state index in [2.05, 4.69) is 17.2 Å². The van der Waals surface area contributed by atoms with Gasteiger partial charge in [-0.05, 0) is 43.4 Å². The molecule has 1 aromatic rings. The van der Waals surface area contributed by atoms with Crippen LogP contribution in [-0.2, 0) is 4.74 Å². The van der Waals surface area contributed by atoms with Gasteiger partial charge >= 0.3 is 0 Å². The number of rotatable bonds is 6. The number of ether oxygens (including phenoxy) is 1. The number of carbonyl (C=O) groups excluding carboxylic acids is 1. The van der Waals surface area contributed by atoms with Crippen LogP contribution >= 0.6 is 0 Å². The molecule has 4 nitrogen and oxygen atoms in total. The molecule has 3 N–H and O–H groups in total. The first-order chi connectivity index (χ1) is 10.2. The van der Waals surface area contributed by atoms with E-state index in [0.717, 1.165) is 23.7 Å². The summed E-state index contributed by atoms with van der Waals surface area (Å²) in [6, 6.07) is 5.61. The molecule has 0 bridgehead atoms. The smallest absolute Gasteiger partial charge is 0.252 e. The average molecular weight is 286 g/mol. The van der Waals surface area contributed by atoms with Gasteiger partial charge in [0.2, 0.25) is 0 Å². The summed E-state index contributed by atoms with van der Waals surface area (Å²) in [4.78, 5) is 12.2. The molecule has 0 radical (unpaired) electrons. The number of aryl methyl sites for hydroxylation is 1. The zero-order chi connectivity index (χ0) is 15.1. The molecule has 0 aliphatic heterocycles. The topological polar surface area (TPSA) is 64.3 Å². The van der Waals surface area contributed by atoms with Crippen molar-refractivity contribution in [3.05, 3.63) is 34.9 Å². The second-order valence-electron chi connectivity index (χ2n) is 5.33. The fourth-order valence-electron chi connectivity index (χ4n) is 1.97. The maximum absolute atomic E-state index is 12.2. The van der Waals surface area contributed by atoms with Gasteiger partial charge in [0.05, 0.1) is 18.7 Å². The van der Waals surface area contributed by atoms with Crippen LogP contribution in [0.1, 0.15) is 34.3 Å². The molecule has 1 saturated carbocycles. The SMILES string of the molecule is Cc1ccc(C(=O)NCCOCC2CC2)c(C#CCN)c1. The number of hydrogen-bond donors (Lipinski definition) is 2. The van der Waals surface area contributed by atoms with E-state index in [0.29, 0.717) is 18.7 Å². The van der Waals surface area contributed by atoms with Gasteiger partial charge < -0.3 is 15.8 Å². The van der Waals surface area contributed by atoms with E-state index in [9.17, 15) is 4.79 Å². The first-order valence-corrected chi connectivity index (χ1v) is 7.36. The van der Waals surface area contributed by atoms with E-state index in [1.165, 1.54) is 12.8 Å². The number of amides is 1. The summed E-state index contributed by atoms with van der Waals surface area (Å²) in [5.41, 5.74) is 7.77. The Morgan fingerprint density at radius 1 is 1.48 bits per heavy atom. The molecule has 0 saturated heterocycles. The highest BCUT2D eigenvalue weighted by molar-refractivity contribution is 5.96. The van der Waals surface area contributed by atoms with Crippen molar-refractivity contribution in [3.8, 4) is 11.8 Å². The fourth-order valence-corrected chi connectivity index (χ4v) is 1.97. The largest absolute Gasteiger partial charge is 0.379 e. The van der Waals surface area contributed by atoms with Crippen LogP contribution in [0.5, 0.6) is 0 Å². The Balaban J connectivity index is 1.87. The molecule has 1 fully saturated rings. The van der Waals surface area contributed by atoms with Crippen LogP contribution in [0.3, 0.4) is 0 Å². The van der Waals surface area contributed by atoms with Crippen molar-refractivity contribution in [2.45, 2.75) is 19.8 Å². The monoisotopic (exact) mass is 286 g/mol. The molecule has 1 aromatic carbocycles. The van der Waals surface area contributed by atoms with Crippen LogP contribution in [0.15, 0.2) is 18.2 Å². The van der Waals surface area contributed by atoms with E-state index < -0.39 is 0 Å². The van der Waals surface area contributed by atoms with Crippen LogP contribution in [0, 0.1) is 24.7 Å². The summed E-state index contributed by atoms with van der Waals surface area (Å²) in [5, 5.41) is 2.87. The summed E-state index contributed by atoms with van der Waals surface area (Å²) in [7, 11) is 0. The second kappa shape index (κ2) is 7.82. The summed E-state index contributed by atoms with van der Waals surface area (Å²) in [6.45, 7) is 4.14. The quantitative estimate of drug-likeness (QED) is 0.615. The third kappa shape index (κ3) is 5.22. The van der Waals surface area contributed by atoms with Gasteiger partial charge in [-0.2, -0.15) is 0 Å². The number of carbonyl (C=O) groups is 1. The molecule has 4 heteroatoms. The lowest BCUT2D eigenvalue weighted by molar-refractivity contribution is 0.0906.